The molecule has 0 aromatic carbocycles. The zero-order valence-corrected chi connectivity index (χ0v) is 9.33. The van der Waals surface area contributed by atoms with Crippen LogP contribution in [0.1, 0.15) is 42.5 Å². The van der Waals surface area contributed by atoms with Gasteiger partial charge in [0.1, 0.15) is 11.3 Å². The first-order chi connectivity index (χ1) is 6.85. The van der Waals surface area contributed by atoms with Gasteiger partial charge in [-0.15, -0.1) is 0 Å². The molecule has 0 aliphatic rings. The molecule has 0 saturated heterocycles. The van der Waals surface area contributed by atoms with E-state index in [-0.39, 0.29) is 17.5 Å². The lowest BCUT2D eigenvalue weighted by Gasteiger charge is -2.17. The maximum absolute atomic E-state index is 11.0. The topological polar surface area (TPSA) is 76.5 Å². The van der Waals surface area contributed by atoms with E-state index >= 15 is 0 Å². The molecule has 0 saturated carbocycles. The van der Waals surface area contributed by atoms with Gasteiger partial charge in [-0.25, -0.2) is 4.79 Å². The summed E-state index contributed by atoms with van der Waals surface area (Å²) in [5.41, 5.74) is 6.38. The number of carbonyl (C=O) groups is 1. The van der Waals surface area contributed by atoms with E-state index in [9.17, 15) is 4.79 Å². The van der Waals surface area contributed by atoms with Crippen LogP contribution in [0.3, 0.4) is 0 Å². The molecule has 0 radical (unpaired) electrons. The first-order valence-electron chi connectivity index (χ1n) is 4.88. The molecule has 4 heteroatoms. The Morgan fingerprint density at radius 1 is 1.53 bits per heavy atom. The average molecular weight is 211 g/mol. The Hall–Kier alpha value is -1.29. The number of furan rings is 1. The third kappa shape index (κ3) is 2.83. The molecule has 0 unspecified atom stereocenters. The molecule has 1 aromatic heterocycles. The summed E-state index contributed by atoms with van der Waals surface area (Å²) >= 11 is 0. The van der Waals surface area contributed by atoms with Gasteiger partial charge in [-0.2, -0.15) is 0 Å². The van der Waals surface area contributed by atoms with Crippen molar-refractivity contribution in [1.82, 2.24) is 0 Å². The second-order valence-corrected chi connectivity index (χ2v) is 4.81. The Bertz CT molecular complexity index is 360. The number of carboxylic acid groups (broad SMARTS) is 1. The minimum absolute atomic E-state index is 0.0277. The van der Waals surface area contributed by atoms with E-state index in [0.717, 1.165) is 5.56 Å². The third-order valence-electron chi connectivity index (χ3n) is 2.06. The van der Waals surface area contributed by atoms with Gasteiger partial charge < -0.3 is 15.3 Å². The van der Waals surface area contributed by atoms with Crippen molar-refractivity contribution >= 4 is 5.97 Å². The van der Waals surface area contributed by atoms with Crippen molar-refractivity contribution in [2.24, 2.45) is 11.1 Å². The molecule has 1 rings (SSSR count). The fraction of sp³-hybridized carbons (Fsp3) is 0.545. The van der Waals surface area contributed by atoms with E-state index in [4.69, 9.17) is 15.3 Å². The molecule has 15 heavy (non-hydrogen) atoms. The minimum atomic E-state index is -0.969. The highest BCUT2D eigenvalue weighted by atomic mass is 16.4. The highest BCUT2D eigenvalue weighted by molar-refractivity contribution is 5.90. The molecule has 1 heterocycles. The summed E-state index contributed by atoms with van der Waals surface area (Å²) < 4.78 is 5.15. The molecule has 0 spiro atoms. The Labute approximate surface area is 89.1 Å². The van der Waals surface area contributed by atoms with Gasteiger partial charge in [-0.3, -0.25) is 0 Å². The first-order valence-corrected chi connectivity index (χ1v) is 4.88. The summed E-state index contributed by atoms with van der Waals surface area (Å²) in [4.78, 5) is 11.0. The van der Waals surface area contributed by atoms with Crippen molar-refractivity contribution in [2.75, 3.05) is 0 Å². The van der Waals surface area contributed by atoms with Gasteiger partial charge >= 0.3 is 5.97 Å². The summed E-state index contributed by atoms with van der Waals surface area (Å²) in [6, 6.07) is 0. The zero-order valence-electron chi connectivity index (χ0n) is 9.33. The summed E-state index contributed by atoms with van der Waals surface area (Å²) in [7, 11) is 0. The Kier molecular flexibility index (Phi) is 3.19. The number of aromatic carboxylic acids is 1. The largest absolute Gasteiger partial charge is 0.478 e. The molecule has 0 aliphatic carbocycles. The van der Waals surface area contributed by atoms with Crippen LogP contribution in [0.2, 0.25) is 0 Å². The number of rotatable bonds is 3. The highest BCUT2D eigenvalue weighted by Gasteiger charge is 2.22. The van der Waals surface area contributed by atoms with Crippen LogP contribution in [0.4, 0.5) is 0 Å². The molecular formula is C11H17NO3. The number of nitrogens with two attached hydrogens (primary N) is 1. The molecule has 4 nitrogen and oxygen atoms in total. The minimum Gasteiger partial charge on any atom is -0.478 e. The average Bonchev–Trinajstić information content (AvgIpc) is 2.44. The fourth-order valence-electron chi connectivity index (χ4n) is 1.55. The normalized spacial score (nSPS) is 11.7. The van der Waals surface area contributed by atoms with Gasteiger partial charge in [-0.1, -0.05) is 20.8 Å². The second-order valence-electron chi connectivity index (χ2n) is 4.81. The van der Waals surface area contributed by atoms with Crippen LogP contribution in [-0.4, -0.2) is 11.1 Å². The lowest BCUT2D eigenvalue weighted by Crippen LogP contribution is -2.13. The zero-order chi connectivity index (χ0) is 11.6. The van der Waals surface area contributed by atoms with Crippen molar-refractivity contribution in [2.45, 2.75) is 33.7 Å². The monoisotopic (exact) mass is 211 g/mol. The SMILES string of the molecule is CC(C)(C)Cc1coc(CN)c1C(=O)O. The number of hydrogen-bond donors (Lipinski definition) is 2. The maximum atomic E-state index is 11.0. The highest BCUT2D eigenvalue weighted by Crippen LogP contribution is 2.26. The maximum Gasteiger partial charge on any atom is 0.339 e. The van der Waals surface area contributed by atoms with E-state index < -0.39 is 5.97 Å². The molecule has 0 atom stereocenters. The van der Waals surface area contributed by atoms with Crippen LogP contribution < -0.4 is 5.73 Å². The van der Waals surface area contributed by atoms with Gasteiger partial charge in [0, 0.05) is 5.56 Å². The predicted octanol–water partition coefficient (Wildman–Crippen LogP) is 2.03. The van der Waals surface area contributed by atoms with Crippen LogP contribution in [0.25, 0.3) is 0 Å². The van der Waals surface area contributed by atoms with Crippen molar-refractivity contribution < 1.29 is 14.3 Å². The molecule has 0 aliphatic heterocycles. The number of hydrogen-bond acceptors (Lipinski definition) is 3. The van der Waals surface area contributed by atoms with Crippen LogP contribution >= 0.6 is 0 Å². The van der Waals surface area contributed by atoms with Crippen LogP contribution in [0.5, 0.6) is 0 Å². The van der Waals surface area contributed by atoms with Crippen molar-refractivity contribution in [3.63, 3.8) is 0 Å². The summed E-state index contributed by atoms with van der Waals surface area (Å²) in [5, 5.41) is 9.05. The lowest BCUT2D eigenvalue weighted by molar-refractivity contribution is 0.0693. The molecular weight excluding hydrogens is 194 g/mol. The van der Waals surface area contributed by atoms with E-state index in [2.05, 4.69) is 0 Å². The van der Waals surface area contributed by atoms with Gasteiger partial charge in [0.15, 0.2) is 0 Å². The van der Waals surface area contributed by atoms with Gasteiger partial charge in [0.25, 0.3) is 0 Å². The van der Waals surface area contributed by atoms with Crippen LogP contribution in [0, 0.1) is 5.41 Å². The molecule has 0 bridgehead atoms. The summed E-state index contributed by atoms with van der Waals surface area (Å²) in [5.74, 6) is -0.620. The van der Waals surface area contributed by atoms with Crippen molar-refractivity contribution in [1.29, 1.82) is 0 Å². The van der Waals surface area contributed by atoms with Crippen LogP contribution in [0.15, 0.2) is 10.7 Å². The predicted molar refractivity (Wildman–Crippen MR) is 56.7 cm³/mol. The van der Waals surface area contributed by atoms with Crippen molar-refractivity contribution in [3.8, 4) is 0 Å². The Morgan fingerprint density at radius 2 is 2.13 bits per heavy atom. The Balaban J connectivity index is 3.08. The Morgan fingerprint density at radius 3 is 2.53 bits per heavy atom. The molecule has 1 aromatic rings. The van der Waals surface area contributed by atoms with E-state index in [1.165, 1.54) is 6.26 Å². The van der Waals surface area contributed by atoms with Crippen molar-refractivity contribution in [3.05, 3.63) is 23.2 Å². The number of carboxylic acids is 1. The standard InChI is InChI=1S/C11H17NO3/c1-11(2,3)4-7-6-15-8(5-12)9(7)10(13)14/h6H,4-5,12H2,1-3H3,(H,13,14). The third-order valence-corrected chi connectivity index (χ3v) is 2.06. The van der Waals surface area contributed by atoms with Crippen LogP contribution in [-0.2, 0) is 13.0 Å². The lowest BCUT2D eigenvalue weighted by atomic mass is 9.87. The summed E-state index contributed by atoms with van der Waals surface area (Å²) in [6.45, 7) is 6.26. The van der Waals surface area contributed by atoms with E-state index in [1.54, 1.807) is 0 Å². The smallest absolute Gasteiger partial charge is 0.339 e. The van der Waals surface area contributed by atoms with E-state index in [1.807, 2.05) is 20.8 Å². The molecule has 0 amide bonds. The van der Waals surface area contributed by atoms with Gasteiger partial charge in [-0.05, 0) is 11.8 Å². The first kappa shape index (κ1) is 11.8. The van der Waals surface area contributed by atoms with Gasteiger partial charge in [0.05, 0.1) is 12.8 Å². The molecule has 3 N–H and O–H groups in total. The molecule has 0 fully saturated rings. The second kappa shape index (κ2) is 4.06. The summed E-state index contributed by atoms with van der Waals surface area (Å²) in [6.07, 6.45) is 2.16. The fourth-order valence-corrected chi connectivity index (χ4v) is 1.55. The van der Waals surface area contributed by atoms with E-state index in [0.29, 0.717) is 12.2 Å². The van der Waals surface area contributed by atoms with Gasteiger partial charge in [0.2, 0.25) is 0 Å². The molecule has 84 valence electrons. The quantitative estimate of drug-likeness (QED) is 0.802.